The molecule has 0 saturated heterocycles. The number of phosphoric acid groups is 2. The third-order valence-electron chi connectivity index (χ3n) is 17.4. The van der Waals surface area contributed by atoms with Crippen molar-refractivity contribution < 1.29 is 80.2 Å². The van der Waals surface area contributed by atoms with Crippen LogP contribution in [-0.2, 0) is 65.4 Å². The van der Waals surface area contributed by atoms with Gasteiger partial charge in [-0.15, -0.1) is 0 Å². The van der Waals surface area contributed by atoms with E-state index in [0.29, 0.717) is 31.6 Å². The average molecular weight is 1370 g/mol. The maximum Gasteiger partial charge on any atom is 0.472 e. The molecular formula is C74H144O17P2. The zero-order chi connectivity index (χ0) is 68.9. The van der Waals surface area contributed by atoms with Gasteiger partial charge < -0.3 is 33.8 Å². The summed E-state index contributed by atoms with van der Waals surface area (Å²) in [7, 11) is -9.91. The smallest absolute Gasteiger partial charge is 0.462 e. The quantitative estimate of drug-likeness (QED) is 0.0222. The molecule has 17 nitrogen and oxygen atoms in total. The maximum absolute atomic E-state index is 13.1. The standard InChI is InChI=1S/C74H144O17P2/c1-9-67(8)53-45-37-28-22-17-19-25-31-41-49-57-74(79)90-69(60-84-71(76)54-46-38-29-23-18-16-21-27-35-43-51-65(4)5)62-88-92(80,81)86-58-68(75)59-87-93(82,83)89-63-70(61-85-72(77)55-47-39-33-32-36-44-52-66(6)7)91-73(78)56-48-40-30-24-15-13-11-10-12-14-20-26-34-42-50-64(2)3/h64-70,75H,9-63H2,1-8H3,(H,80,81)(H,82,83)/t67?,68-,69-,70-/m1/s1. The highest BCUT2D eigenvalue weighted by Crippen LogP contribution is 2.45. The number of esters is 4. The van der Waals surface area contributed by atoms with E-state index in [1.807, 2.05) is 0 Å². The van der Waals surface area contributed by atoms with Crippen LogP contribution in [0.1, 0.15) is 370 Å². The van der Waals surface area contributed by atoms with E-state index in [-0.39, 0.29) is 25.7 Å². The Balaban J connectivity index is 5.24. The molecule has 19 heteroatoms. The lowest BCUT2D eigenvalue weighted by Gasteiger charge is -2.21. The highest BCUT2D eigenvalue weighted by molar-refractivity contribution is 7.47. The van der Waals surface area contributed by atoms with Crippen molar-refractivity contribution in [3.8, 4) is 0 Å². The first kappa shape index (κ1) is 91.1. The Labute approximate surface area is 568 Å². The SMILES string of the molecule is CCC(C)CCCCCCCCCCCCC(=O)O[C@H](COC(=O)CCCCCCCCCCCCC(C)C)COP(=O)(O)OC[C@@H](O)COP(=O)(O)OC[C@@H](COC(=O)CCCCCCCCC(C)C)OC(=O)CCCCCCCCCCCCCCCCC(C)C. The average Bonchev–Trinajstić information content (AvgIpc) is 1.64. The third kappa shape index (κ3) is 67.0. The van der Waals surface area contributed by atoms with Gasteiger partial charge in [-0.1, -0.05) is 319 Å². The number of hydrogen-bond acceptors (Lipinski definition) is 15. The van der Waals surface area contributed by atoms with Crippen molar-refractivity contribution in [1.29, 1.82) is 0 Å². The lowest BCUT2D eigenvalue weighted by Crippen LogP contribution is -2.30. The minimum atomic E-state index is -4.96. The van der Waals surface area contributed by atoms with E-state index in [4.69, 9.17) is 37.0 Å². The van der Waals surface area contributed by atoms with Crippen LogP contribution in [0.3, 0.4) is 0 Å². The largest absolute Gasteiger partial charge is 0.472 e. The van der Waals surface area contributed by atoms with Crippen LogP contribution in [0, 0.1) is 23.7 Å². The highest BCUT2D eigenvalue weighted by Gasteiger charge is 2.30. The van der Waals surface area contributed by atoms with Gasteiger partial charge in [-0.05, 0) is 49.4 Å². The van der Waals surface area contributed by atoms with Crippen LogP contribution >= 0.6 is 15.6 Å². The van der Waals surface area contributed by atoms with Crippen molar-refractivity contribution in [2.75, 3.05) is 39.6 Å². The highest BCUT2D eigenvalue weighted by atomic mass is 31.2. The lowest BCUT2D eigenvalue weighted by molar-refractivity contribution is -0.161. The molecule has 0 saturated carbocycles. The van der Waals surface area contributed by atoms with E-state index in [0.717, 1.165) is 114 Å². The molecule has 0 spiro atoms. The molecular weight excluding hydrogens is 1220 g/mol. The van der Waals surface area contributed by atoms with Crippen molar-refractivity contribution in [2.45, 2.75) is 388 Å². The Kier molecular flexibility index (Phi) is 62.2. The van der Waals surface area contributed by atoms with Gasteiger partial charge >= 0.3 is 39.5 Å². The van der Waals surface area contributed by atoms with Gasteiger partial charge in [-0.25, -0.2) is 9.13 Å². The molecule has 93 heavy (non-hydrogen) atoms. The van der Waals surface area contributed by atoms with Gasteiger partial charge in [0.05, 0.1) is 26.4 Å². The summed E-state index contributed by atoms with van der Waals surface area (Å²) in [5.41, 5.74) is 0. The predicted octanol–water partition coefficient (Wildman–Crippen LogP) is 21.3. The Morgan fingerprint density at radius 1 is 0.301 bits per heavy atom. The minimum absolute atomic E-state index is 0.105. The van der Waals surface area contributed by atoms with Gasteiger partial charge in [-0.2, -0.15) is 0 Å². The second kappa shape index (κ2) is 63.5. The van der Waals surface area contributed by atoms with Crippen molar-refractivity contribution in [2.24, 2.45) is 23.7 Å². The number of aliphatic hydroxyl groups excluding tert-OH is 1. The number of carbonyl (C=O) groups excluding carboxylic acids is 4. The molecule has 0 amide bonds. The molecule has 3 N–H and O–H groups in total. The predicted molar refractivity (Wildman–Crippen MR) is 377 cm³/mol. The topological polar surface area (TPSA) is 237 Å². The molecule has 0 heterocycles. The van der Waals surface area contributed by atoms with Crippen molar-refractivity contribution >= 4 is 39.5 Å². The number of aliphatic hydroxyl groups is 1. The minimum Gasteiger partial charge on any atom is -0.462 e. The summed E-state index contributed by atoms with van der Waals surface area (Å²) in [6, 6.07) is 0. The van der Waals surface area contributed by atoms with Crippen LogP contribution in [0.15, 0.2) is 0 Å². The normalized spacial score (nSPS) is 14.5. The Bertz CT molecular complexity index is 1840. The molecule has 0 radical (unpaired) electrons. The zero-order valence-corrected chi connectivity index (χ0v) is 62.7. The summed E-state index contributed by atoms with van der Waals surface area (Å²) in [6.07, 6.45) is 47.2. The van der Waals surface area contributed by atoms with Crippen molar-refractivity contribution in [1.82, 2.24) is 0 Å². The fourth-order valence-electron chi connectivity index (χ4n) is 11.2. The Hall–Kier alpha value is -1.94. The molecule has 552 valence electrons. The molecule has 0 aliphatic rings. The summed E-state index contributed by atoms with van der Waals surface area (Å²) in [6.45, 7) is 14.1. The molecule has 3 unspecified atom stereocenters. The fourth-order valence-corrected chi connectivity index (χ4v) is 12.7. The molecule has 0 aromatic rings. The van der Waals surface area contributed by atoms with Gasteiger partial charge in [0.15, 0.2) is 12.2 Å². The molecule has 0 aliphatic carbocycles. The molecule has 0 fully saturated rings. The third-order valence-corrected chi connectivity index (χ3v) is 19.3. The van der Waals surface area contributed by atoms with Gasteiger partial charge in [0.25, 0.3) is 0 Å². The summed E-state index contributed by atoms with van der Waals surface area (Å²) in [5, 5.41) is 10.6. The summed E-state index contributed by atoms with van der Waals surface area (Å²) >= 11 is 0. The van der Waals surface area contributed by atoms with Crippen LogP contribution in [0.5, 0.6) is 0 Å². The summed E-state index contributed by atoms with van der Waals surface area (Å²) in [5.74, 6) is 0.911. The number of unbranched alkanes of at least 4 members (excludes halogenated alkanes) is 36. The van der Waals surface area contributed by atoms with E-state index in [2.05, 4.69) is 55.4 Å². The van der Waals surface area contributed by atoms with Crippen molar-refractivity contribution in [3.05, 3.63) is 0 Å². The first-order valence-corrected chi connectivity index (χ1v) is 41.2. The van der Waals surface area contributed by atoms with E-state index in [1.54, 1.807) is 0 Å². The van der Waals surface area contributed by atoms with E-state index < -0.39 is 97.5 Å². The van der Waals surface area contributed by atoms with Crippen LogP contribution in [0.2, 0.25) is 0 Å². The van der Waals surface area contributed by atoms with Crippen LogP contribution in [0.25, 0.3) is 0 Å². The second-order valence-electron chi connectivity index (χ2n) is 28.4. The molecule has 0 aromatic carbocycles. The fraction of sp³-hybridized carbons (Fsp3) is 0.946. The first-order valence-electron chi connectivity index (χ1n) is 38.2. The molecule has 6 atom stereocenters. The van der Waals surface area contributed by atoms with Crippen molar-refractivity contribution in [3.63, 3.8) is 0 Å². The first-order chi connectivity index (χ1) is 44.6. The molecule has 0 aliphatic heterocycles. The molecule has 0 bridgehead atoms. The van der Waals surface area contributed by atoms with E-state index in [1.165, 1.54) is 167 Å². The van der Waals surface area contributed by atoms with Crippen LogP contribution < -0.4 is 0 Å². The Morgan fingerprint density at radius 3 is 0.763 bits per heavy atom. The lowest BCUT2D eigenvalue weighted by atomic mass is 9.99. The van der Waals surface area contributed by atoms with Gasteiger partial charge in [-0.3, -0.25) is 37.3 Å². The number of rotatable bonds is 71. The summed E-state index contributed by atoms with van der Waals surface area (Å²) < 4.78 is 68.4. The number of ether oxygens (including phenoxy) is 4. The van der Waals surface area contributed by atoms with Crippen LogP contribution in [-0.4, -0.2) is 96.7 Å². The van der Waals surface area contributed by atoms with Gasteiger partial charge in [0.1, 0.15) is 19.3 Å². The van der Waals surface area contributed by atoms with Gasteiger partial charge in [0, 0.05) is 25.7 Å². The van der Waals surface area contributed by atoms with Crippen LogP contribution in [0.4, 0.5) is 0 Å². The molecule has 0 rings (SSSR count). The number of carbonyl (C=O) groups is 4. The number of phosphoric ester groups is 2. The van der Waals surface area contributed by atoms with E-state index >= 15 is 0 Å². The monoisotopic (exact) mass is 1370 g/mol. The second-order valence-corrected chi connectivity index (χ2v) is 31.3. The Morgan fingerprint density at radius 2 is 0.516 bits per heavy atom. The maximum atomic E-state index is 13.1. The number of hydrogen-bond donors (Lipinski definition) is 3. The zero-order valence-electron chi connectivity index (χ0n) is 60.9. The van der Waals surface area contributed by atoms with E-state index in [9.17, 15) is 43.2 Å². The molecule has 0 aromatic heterocycles. The summed E-state index contributed by atoms with van der Waals surface area (Å²) in [4.78, 5) is 72.7. The van der Waals surface area contributed by atoms with Gasteiger partial charge in [0.2, 0.25) is 0 Å².